The Morgan fingerprint density at radius 2 is 2.05 bits per heavy atom. The molecule has 2 heterocycles. The molecule has 1 aliphatic heterocycles. The van der Waals surface area contributed by atoms with Crippen LogP contribution >= 0.6 is 11.6 Å². The van der Waals surface area contributed by atoms with Gasteiger partial charge >= 0.3 is 0 Å². The van der Waals surface area contributed by atoms with E-state index in [2.05, 4.69) is 28.7 Å². The second-order valence-corrected chi connectivity index (χ2v) is 5.58. The van der Waals surface area contributed by atoms with Crippen LogP contribution in [0.1, 0.15) is 38.2 Å². The Hall–Kier alpha value is -1.36. The van der Waals surface area contributed by atoms with Gasteiger partial charge in [0.2, 0.25) is 5.91 Å². The van der Waals surface area contributed by atoms with E-state index in [4.69, 9.17) is 17.3 Å². The topological polar surface area (TPSA) is 72.1 Å². The fourth-order valence-corrected chi connectivity index (χ4v) is 2.84. The van der Waals surface area contributed by atoms with E-state index in [1.807, 2.05) is 0 Å². The number of piperidine rings is 1. The molecule has 0 bridgehead atoms. The third-order valence-corrected chi connectivity index (χ3v) is 3.89. The molecule has 2 N–H and O–H groups in total. The lowest BCUT2D eigenvalue weighted by atomic mass is 9.95. The maximum atomic E-state index is 11.2. The van der Waals surface area contributed by atoms with Crippen molar-refractivity contribution in [2.24, 2.45) is 11.7 Å². The molecule has 1 aliphatic rings. The molecule has 6 heteroatoms. The summed E-state index contributed by atoms with van der Waals surface area (Å²) in [5.74, 6) is 0.927. The van der Waals surface area contributed by atoms with Crippen LogP contribution in [0.4, 0.5) is 5.82 Å². The van der Waals surface area contributed by atoms with Crippen molar-refractivity contribution in [2.75, 3.05) is 18.0 Å². The SMILES string of the molecule is CC(C)c1c(Cl)ncnc1N1CCC(C(N)=O)CC1. The lowest BCUT2D eigenvalue weighted by molar-refractivity contribution is -0.122. The fraction of sp³-hybridized carbons (Fsp3) is 0.615. The molecule has 0 spiro atoms. The number of nitrogens with zero attached hydrogens (tertiary/aromatic N) is 3. The van der Waals surface area contributed by atoms with E-state index < -0.39 is 0 Å². The summed E-state index contributed by atoms with van der Waals surface area (Å²) in [4.78, 5) is 21.8. The maximum Gasteiger partial charge on any atom is 0.220 e. The number of rotatable bonds is 3. The Morgan fingerprint density at radius 3 is 2.58 bits per heavy atom. The molecule has 19 heavy (non-hydrogen) atoms. The highest BCUT2D eigenvalue weighted by Gasteiger charge is 2.26. The van der Waals surface area contributed by atoms with Crippen LogP contribution in [0.15, 0.2) is 6.33 Å². The van der Waals surface area contributed by atoms with Gasteiger partial charge in [-0.05, 0) is 18.8 Å². The standard InChI is InChI=1S/C13H19ClN4O/c1-8(2)10-11(14)16-7-17-13(10)18-5-3-9(4-6-18)12(15)19/h7-9H,3-6H2,1-2H3,(H2,15,19). The van der Waals surface area contributed by atoms with E-state index in [0.29, 0.717) is 5.15 Å². The zero-order chi connectivity index (χ0) is 14.0. The Balaban J connectivity index is 2.20. The smallest absolute Gasteiger partial charge is 0.220 e. The van der Waals surface area contributed by atoms with E-state index in [-0.39, 0.29) is 17.7 Å². The van der Waals surface area contributed by atoms with E-state index in [1.165, 1.54) is 6.33 Å². The third-order valence-electron chi connectivity index (χ3n) is 3.59. The molecular formula is C13H19ClN4O. The first kappa shape index (κ1) is 14.1. The van der Waals surface area contributed by atoms with Gasteiger partial charge in [0.1, 0.15) is 17.3 Å². The summed E-state index contributed by atoms with van der Waals surface area (Å²) >= 11 is 6.17. The van der Waals surface area contributed by atoms with Gasteiger partial charge in [-0.25, -0.2) is 9.97 Å². The van der Waals surface area contributed by atoms with Crippen LogP contribution in [-0.2, 0) is 4.79 Å². The molecule has 1 aromatic rings. The van der Waals surface area contributed by atoms with Gasteiger partial charge in [-0.2, -0.15) is 0 Å². The second-order valence-electron chi connectivity index (χ2n) is 5.22. The predicted octanol–water partition coefficient (Wildman–Crippen LogP) is 1.96. The van der Waals surface area contributed by atoms with Gasteiger partial charge in [0.25, 0.3) is 0 Å². The average Bonchev–Trinajstić information content (AvgIpc) is 2.38. The Morgan fingerprint density at radius 1 is 1.42 bits per heavy atom. The maximum absolute atomic E-state index is 11.2. The van der Waals surface area contributed by atoms with Crippen LogP contribution in [0.3, 0.4) is 0 Å². The summed E-state index contributed by atoms with van der Waals surface area (Å²) in [6, 6.07) is 0. The minimum atomic E-state index is -0.204. The lowest BCUT2D eigenvalue weighted by Gasteiger charge is -2.33. The number of amides is 1. The fourth-order valence-electron chi connectivity index (χ4n) is 2.49. The highest BCUT2D eigenvalue weighted by molar-refractivity contribution is 6.30. The van der Waals surface area contributed by atoms with Gasteiger partial charge in [-0.1, -0.05) is 25.4 Å². The first-order valence-corrected chi connectivity index (χ1v) is 6.93. The first-order valence-electron chi connectivity index (χ1n) is 6.55. The number of hydrogen-bond donors (Lipinski definition) is 1. The molecule has 1 amide bonds. The molecule has 1 saturated heterocycles. The van der Waals surface area contributed by atoms with Crippen LogP contribution in [-0.4, -0.2) is 29.0 Å². The van der Waals surface area contributed by atoms with Gasteiger partial charge < -0.3 is 10.6 Å². The van der Waals surface area contributed by atoms with E-state index in [0.717, 1.165) is 37.3 Å². The molecule has 1 aromatic heterocycles. The minimum Gasteiger partial charge on any atom is -0.369 e. The summed E-state index contributed by atoms with van der Waals surface area (Å²) in [5.41, 5.74) is 6.32. The Bertz CT molecular complexity index is 470. The number of nitrogens with two attached hydrogens (primary N) is 1. The first-order chi connectivity index (χ1) is 9.00. The highest BCUT2D eigenvalue weighted by atomic mass is 35.5. The molecule has 0 aromatic carbocycles. The van der Waals surface area contributed by atoms with Gasteiger partial charge in [0, 0.05) is 24.6 Å². The quantitative estimate of drug-likeness (QED) is 0.860. The Labute approximate surface area is 118 Å². The van der Waals surface area contributed by atoms with Crippen LogP contribution < -0.4 is 10.6 Å². The van der Waals surface area contributed by atoms with Gasteiger partial charge in [0.15, 0.2) is 0 Å². The van der Waals surface area contributed by atoms with Crippen molar-refractivity contribution >= 4 is 23.3 Å². The summed E-state index contributed by atoms with van der Waals surface area (Å²) < 4.78 is 0. The summed E-state index contributed by atoms with van der Waals surface area (Å²) in [6.45, 7) is 5.70. The van der Waals surface area contributed by atoms with Crippen molar-refractivity contribution < 1.29 is 4.79 Å². The van der Waals surface area contributed by atoms with Crippen molar-refractivity contribution in [1.82, 2.24) is 9.97 Å². The summed E-state index contributed by atoms with van der Waals surface area (Å²) in [5, 5.41) is 0.511. The van der Waals surface area contributed by atoms with Crippen molar-refractivity contribution in [3.05, 3.63) is 17.0 Å². The van der Waals surface area contributed by atoms with Crippen LogP contribution in [0.5, 0.6) is 0 Å². The molecule has 0 radical (unpaired) electrons. The van der Waals surface area contributed by atoms with Crippen molar-refractivity contribution in [3.63, 3.8) is 0 Å². The van der Waals surface area contributed by atoms with Gasteiger partial charge in [-0.15, -0.1) is 0 Å². The van der Waals surface area contributed by atoms with Gasteiger partial charge in [-0.3, -0.25) is 4.79 Å². The van der Waals surface area contributed by atoms with Crippen LogP contribution in [0, 0.1) is 5.92 Å². The zero-order valence-electron chi connectivity index (χ0n) is 11.3. The number of halogens is 1. The number of hydrogen-bond acceptors (Lipinski definition) is 4. The van der Waals surface area contributed by atoms with Crippen LogP contribution in [0.25, 0.3) is 0 Å². The molecule has 2 rings (SSSR count). The highest BCUT2D eigenvalue weighted by Crippen LogP contribution is 2.32. The molecule has 5 nitrogen and oxygen atoms in total. The average molecular weight is 283 g/mol. The molecule has 0 atom stereocenters. The van der Waals surface area contributed by atoms with E-state index in [9.17, 15) is 4.79 Å². The predicted molar refractivity (Wildman–Crippen MR) is 75.3 cm³/mol. The van der Waals surface area contributed by atoms with E-state index in [1.54, 1.807) is 0 Å². The summed E-state index contributed by atoms with van der Waals surface area (Å²) in [7, 11) is 0. The number of anilines is 1. The second kappa shape index (κ2) is 5.74. The van der Waals surface area contributed by atoms with E-state index >= 15 is 0 Å². The van der Waals surface area contributed by atoms with Crippen molar-refractivity contribution in [3.8, 4) is 0 Å². The molecule has 1 fully saturated rings. The molecular weight excluding hydrogens is 264 g/mol. The molecule has 0 saturated carbocycles. The third kappa shape index (κ3) is 2.97. The minimum absolute atomic E-state index is 0.0175. The number of primary amides is 1. The monoisotopic (exact) mass is 282 g/mol. The Kier molecular flexibility index (Phi) is 4.24. The molecule has 0 aliphatic carbocycles. The van der Waals surface area contributed by atoms with Crippen molar-refractivity contribution in [1.29, 1.82) is 0 Å². The number of carbonyl (C=O) groups is 1. The van der Waals surface area contributed by atoms with Crippen LogP contribution in [0.2, 0.25) is 5.15 Å². The number of aromatic nitrogens is 2. The normalized spacial score (nSPS) is 16.9. The van der Waals surface area contributed by atoms with Crippen molar-refractivity contribution in [2.45, 2.75) is 32.6 Å². The zero-order valence-corrected chi connectivity index (χ0v) is 12.0. The van der Waals surface area contributed by atoms with Gasteiger partial charge in [0.05, 0.1) is 0 Å². The number of carbonyl (C=O) groups excluding carboxylic acids is 1. The largest absolute Gasteiger partial charge is 0.369 e. The molecule has 0 unspecified atom stereocenters. The molecule has 104 valence electrons. The lowest BCUT2D eigenvalue weighted by Crippen LogP contribution is -2.39. The summed E-state index contributed by atoms with van der Waals surface area (Å²) in [6.07, 6.45) is 3.03.